The summed E-state index contributed by atoms with van der Waals surface area (Å²) in [5, 5.41) is 14.9. The summed E-state index contributed by atoms with van der Waals surface area (Å²) in [6.45, 7) is 5.27. The summed E-state index contributed by atoms with van der Waals surface area (Å²) in [6, 6.07) is 20.8. The van der Waals surface area contributed by atoms with Gasteiger partial charge in [0.2, 0.25) is 0 Å². The Morgan fingerprint density at radius 1 is 0.895 bits per heavy atom. The summed E-state index contributed by atoms with van der Waals surface area (Å²) in [6.07, 6.45) is -0.981. The quantitative estimate of drug-likeness (QED) is 0.337. The molecule has 200 valence electrons. The summed E-state index contributed by atoms with van der Waals surface area (Å²) in [7, 11) is 0. The number of pyridine rings is 1. The Morgan fingerprint density at radius 2 is 1.53 bits per heavy atom. The molecule has 0 spiro atoms. The molecule has 0 aliphatic carbocycles. The van der Waals surface area contributed by atoms with Crippen molar-refractivity contribution in [3.8, 4) is 5.75 Å². The van der Waals surface area contributed by atoms with E-state index in [0.29, 0.717) is 6.42 Å². The molecule has 0 bridgehead atoms. The smallest absolute Gasteiger partial charge is 0.413 e. The normalized spacial score (nSPS) is 11.7. The fourth-order valence-electron chi connectivity index (χ4n) is 3.36. The zero-order chi connectivity index (χ0) is 27.5. The molecule has 3 N–H and O–H groups in total. The molecule has 0 saturated carbocycles. The van der Waals surface area contributed by atoms with Crippen molar-refractivity contribution in [3.63, 3.8) is 0 Å². The molecule has 10 nitrogen and oxygen atoms in total. The van der Waals surface area contributed by atoms with Crippen LogP contribution in [-0.2, 0) is 22.5 Å². The van der Waals surface area contributed by atoms with E-state index < -0.39 is 35.5 Å². The van der Waals surface area contributed by atoms with Crippen molar-refractivity contribution in [2.45, 2.75) is 45.4 Å². The standard InChI is InChI=1S/C28H31N3O7/c1-28(2,3)38-27(35)29-21(16-19-10-6-4-7-11-19)18-36-22-14-15-23(30-24(22)25(32)33)31-26(34)37-17-20-12-8-5-9-13-20/h4-15,21H,16-18H2,1-3H3,(H,29,35)(H,32,33)(H,30,31,34)/t21-/m1/s1. The number of benzene rings is 2. The van der Waals surface area contributed by atoms with Gasteiger partial charge in [-0.15, -0.1) is 0 Å². The largest absolute Gasteiger partial charge is 0.489 e. The number of aromatic nitrogens is 1. The Bertz CT molecular complexity index is 1230. The molecular formula is C28H31N3O7. The van der Waals surface area contributed by atoms with Gasteiger partial charge in [0.05, 0.1) is 6.04 Å². The number of nitrogens with zero attached hydrogens (tertiary/aromatic N) is 1. The number of hydrogen-bond acceptors (Lipinski definition) is 7. The highest BCUT2D eigenvalue weighted by molar-refractivity contribution is 5.90. The third-order valence-corrected chi connectivity index (χ3v) is 4.99. The molecule has 2 amide bonds. The third kappa shape index (κ3) is 9.45. The number of ether oxygens (including phenoxy) is 3. The zero-order valence-electron chi connectivity index (χ0n) is 21.5. The molecule has 1 atom stereocenters. The van der Waals surface area contributed by atoms with Gasteiger partial charge in [0.15, 0.2) is 11.4 Å². The van der Waals surface area contributed by atoms with Crippen molar-refractivity contribution in [3.05, 3.63) is 89.6 Å². The van der Waals surface area contributed by atoms with Gasteiger partial charge < -0.3 is 24.6 Å². The number of carbonyl (C=O) groups is 3. The van der Waals surface area contributed by atoms with Crippen LogP contribution in [-0.4, -0.2) is 46.5 Å². The van der Waals surface area contributed by atoms with Gasteiger partial charge in [0, 0.05) is 0 Å². The van der Waals surface area contributed by atoms with Crippen molar-refractivity contribution in [2.24, 2.45) is 0 Å². The highest BCUT2D eigenvalue weighted by Gasteiger charge is 2.22. The number of amides is 2. The van der Waals surface area contributed by atoms with Gasteiger partial charge in [-0.2, -0.15) is 0 Å². The van der Waals surface area contributed by atoms with E-state index >= 15 is 0 Å². The Balaban J connectivity index is 1.67. The van der Waals surface area contributed by atoms with Crippen LogP contribution in [0.4, 0.5) is 15.4 Å². The van der Waals surface area contributed by atoms with Gasteiger partial charge in [-0.1, -0.05) is 60.7 Å². The molecule has 0 saturated heterocycles. The van der Waals surface area contributed by atoms with E-state index in [2.05, 4.69) is 15.6 Å². The second kappa shape index (κ2) is 13.1. The van der Waals surface area contributed by atoms with E-state index in [1.165, 1.54) is 12.1 Å². The number of alkyl carbamates (subject to hydrolysis) is 1. The highest BCUT2D eigenvalue weighted by Crippen LogP contribution is 2.20. The maximum Gasteiger partial charge on any atom is 0.413 e. The molecule has 3 aromatic rings. The van der Waals surface area contributed by atoms with Crippen molar-refractivity contribution in [1.29, 1.82) is 0 Å². The van der Waals surface area contributed by atoms with E-state index in [1.807, 2.05) is 60.7 Å². The number of carboxylic acid groups (broad SMARTS) is 1. The average Bonchev–Trinajstić information content (AvgIpc) is 2.86. The van der Waals surface area contributed by atoms with Crippen LogP contribution in [0.1, 0.15) is 42.4 Å². The van der Waals surface area contributed by atoms with E-state index in [-0.39, 0.29) is 24.8 Å². The lowest BCUT2D eigenvalue weighted by atomic mass is 10.1. The maximum absolute atomic E-state index is 12.4. The molecule has 38 heavy (non-hydrogen) atoms. The van der Waals surface area contributed by atoms with Crippen molar-refractivity contribution >= 4 is 24.0 Å². The predicted molar refractivity (Wildman–Crippen MR) is 140 cm³/mol. The molecule has 0 fully saturated rings. The van der Waals surface area contributed by atoms with Crippen molar-refractivity contribution in [1.82, 2.24) is 10.3 Å². The number of nitrogens with one attached hydrogen (secondary N) is 2. The van der Waals surface area contributed by atoms with Gasteiger partial charge in [-0.05, 0) is 50.5 Å². The molecule has 0 radical (unpaired) electrons. The molecule has 1 aromatic heterocycles. The van der Waals surface area contributed by atoms with E-state index in [0.717, 1.165) is 11.1 Å². The van der Waals surface area contributed by atoms with Crippen molar-refractivity contribution in [2.75, 3.05) is 11.9 Å². The van der Waals surface area contributed by atoms with Crippen LogP contribution in [0.5, 0.6) is 5.75 Å². The number of carboxylic acids is 1. The second-order valence-corrected chi connectivity index (χ2v) is 9.38. The summed E-state index contributed by atoms with van der Waals surface area (Å²) < 4.78 is 16.3. The van der Waals surface area contributed by atoms with Crippen LogP contribution in [0, 0.1) is 0 Å². The molecular weight excluding hydrogens is 490 g/mol. The molecule has 2 aromatic carbocycles. The first-order chi connectivity index (χ1) is 18.1. The Morgan fingerprint density at radius 3 is 2.13 bits per heavy atom. The lowest BCUT2D eigenvalue weighted by Crippen LogP contribution is -2.43. The zero-order valence-corrected chi connectivity index (χ0v) is 21.5. The Kier molecular flexibility index (Phi) is 9.64. The topological polar surface area (TPSA) is 136 Å². The summed E-state index contributed by atoms with van der Waals surface area (Å²) in [5.41, 5.74) is 0.660. The molecule has 0 aliphatic rings. The predicted octanol–water partition coefficient (Wildman–Crippen LogP) is 5.04. The Labute approximate surface area is 220 Å². The van der Waals surface area contributed by atoms with Crippen LogP contribution in [0.25, 0.3) is 0 Å². The monoisotopic (exact) mass is 521 g/mol. The first kappa shape index (κ1) is 28.0. The summed E-state index contributed by atoms with van der Waals surface area (Å²) in [4.78, 5) is 40.4. The summed E-state index contributed by atoms with van der Waals surface area (Å²) >= 11 is 0. The van der Waals surface area contributed by atoms with Gasteiger partial charge in [-0.3, -0.25) is 5.32 Å². The summed E-state index contributed by atoms with van der Waals surface area (Å²) in [5.74, 6) is -1.38. The maximum atomic E-state index is 12.4. The van der Waals surface area contributed by atoms with E-state index in [1.54, 1.807) is 20.8 Å². The average molecular weight is 522 g/mol. The van der Waals surface area contributed by atoms with Gasteiger partial charge in [0.25, 0.3) is 0 Å². The van der Waals surface area contributed by atoms with Crippen LogP contribution in [0.15, 0.2) is 72.8 Å². The minimum Gasteiger partial charge on any atom is -0.489 e. The molecule has 0 aliphatic heterocycles. The number of anilines is 1. The van der Waals surface area contributed by atoms with Gasteiger partial charge in [-0.25, -0.2) is 19.4 Å². The second-order valence-electron chi connectivity index (χ2n) is 9.38. The minimum atomic E-state index is -1.35. The van der Waals surface area contributed by atoms with Crippen LogP contribution >= 0.6 is 0 Å². The fourth-order valence-corrected chi connectivity index (χ4v) is 3.36. The van der Waals surface area contributed by atoms with E-state index in [9.17, 15) is 19.5 Å². The molecule has 1 heterocycles. The number of aromatic carboxylic acids is 1. The van der Waals surface area contributed by atoms with Crippen LogP contribution in [0.3, 0.4) is 0 Å². The van der Waals surface area contributed by atoms with Crippen LogP contribution in [0.2, 0.25) is 0 Å². The minimum absolute atomic E-state index is 0.0134. The van der Waals surface area contributed by atoms with Crippen LogP contribution < -0.4 is 15.4 Å². The SMILES string of the molecule is CC(C)(C)OC(=O)N[C@@H](COc1ccc(NC(=O)OCc2ccccc2)nc1C(=O)O)Cc1ccccc1. The molecule has 10 heteroatoms. The highest BCUT2D eigenvalue weighted by atomic mass is 16.6. The first-order valence-electron chi connectivity index (χ1n) is 12.0. The van der Waals surface area contributed by atoms with Crippen molar-refractivity contribution < 1.29 is 33.7 Å². The Hall–Kier alpha value is -4.60. The number of rotatable bonds is 10. The lowest BCUT2D eigenvalue weighted by Gasteiger charge is -2.24. The van der Waals surface area contributed by atoms with E-state index in [4.69, 9.17) is 14.2 Å². The van der Waals surface area contributed by atoms with Gasteiger partial charge in [0.1, 0.15) is 24.6 Å². The number of hydrogen-bond donors (Lipinski definition) is 3. The molecule has 0 unspecified atom stereocenters. The lowest BCUT2D eigenvalue weighted by molar-refractivity contribution is 0.0485. The van der Waals surface area contributed by atoms with Gasteiger partial charge >= 0.3 is 18.2 Å². The first-order valence-corrected chi connectivity index (χ1v) is 12.0. The number of carbonyl (C=O) groups excluding carboxylic acids is 2. The molecule has 3 rings (SSSR count). The third-order valence-electron chi connectivity index (χ3n) is 4.99. The fraction of sp³-hybridized carbons (Fsp3) is 0.286.